The molecular weight excluding hydrogens is 623 g/mol. The highest BCUT2D eigenvalue weighted by Crippen LogP contribution is 2.35. The van der Waals surface area contributed by atoms with Gasteiger partial charge in [0.25, 0.3) is 0 Å². The van der Waals surface area contributed by atoms with E-state index >= 15 is 0 Å². The summed E-state index contributed by atoms with van der Waals surface area (Å²) in [5, 5.41) is 11.3. The molecule has 0 spiro atoms. The summed E-state index contributed by atoms with van der Waals surface area (Å²) in [6.07, 6.45) is -15.2. The maximum atomic E-state index is 13.3. The third-order valence-electron chi connectivity index (χ3n) is 6.37. The summed E-state index contributed by atoms with van der Waals surface area (Å²) in [6.45, 7) is 16.8. The first-order valence-corrected chi connectivity index (χ1v) is 14.5. The highest BCUT2D eigenvalue weighted by molar-refractivity contribution is 5.87. The van der Waals surface area contributed by atoms with Crippen LogP contribution in [0.1, 0.15) is 83.1 Å². The zero-order valence-electron chi connectivity index (χ0n) is 28.2. The monoisotopic (exact) mass is 669 g/mol. The number of carbonyl (C=O) groups is 6. The zero-order chi connectivity index (χ0) is 36.4. The molecule has 1 heterocycles. The van der Waals surface area contributed by atoms with Crippen LogP contribution in [0.3, 0.4) is 0 Å². The Kier molecular flexibility index (Phi) is 12.5. The maximum Gasteiger partial charge on any atom is 0.471 e. The summed E-state index contributed by atoms with van der Waals surface area (Å²) in [7, 11) is 0. The summed E-state index contributed by atoms with van der Waals surface area (Å²) in [6, 6.07) is -2.57. The first-order valence-electron chi connectivity index (χ1n) is 14.5. The van der Waals surface area contributed by atoms with Gasteiger partial charge in [-0.25, -0.2) is 4.79 Å². The SMILES string of the molecule is CC(C)(C)C(=O)OC[C@H]1O[C@H](C(NC(=O)C(F)(F)F)C(=O)O)[C@H](OC(=O)C(C)(C)C)[C@@H](OC(=O)C(C)(C)C)[C@@H]1OC(=O)C(C)(C)C. The fourth-order valence-electron chi connectivity index (χ4n) is 3.54. The minimum atomic E-state index is -5.54. The van der Waals surface area contributed by atoms with E-state index in [4.69, 9.17) is 23.7 Å². The molecule has 1 fully saturated rings. The normalized spacial score (nSPS) is 23.4. The summed E-state index contributed by atoms with van der Waals surface area (Å²) in [4.78, 5) is 76.6. The van der Waals surface area contributed by atoms with Gasteiger partial charge in [0.1, 0.15) is 18.8 Å². The first kappa shape index (κ1) is 40.6. The Labute approximate surface area is 266 Å². The van der Waals surface area contributed by atoms with E-state index in [1.807, 2.05) is 0 Å². The molecule has 16 heteroatoms. The number of aliphatic carboxylic acids is 1. The van der Waals surface area contributed by atoms with Gasteiger partial charge in [0.15, 0.2) is 24.4 Å². The van der Waals surface area contributed by atoms with Crippen molar-refractivity contribution in [3.05, 3.63) is 0 Å². The molecule has 6 atom stereocenters. The van der Waals surface area contributed by atoms with Crippen molar-refractivity contribution in [2.75, 3.05) is 6.61 Å². The lowest BCUT2D eigenvalue weighted by molar-refractivity contribution is -0.264. The number of alkyl halides is 3. The van der Waals surface area contributed by atoms with Gasteiger partial charge in [-0.15, -0.1) is 0 Å². The Morgan fingerprint density at radius 2 is 1.02 bits per heavy atom. The molecule has 1 aliphatic rings. The molecule has 0 radical (unpaired) electrons. The molecule has 264 valence electrons. The highest BCUT2D eigenvalue weighted by Gasteiger charge is 2.58. The highest BCUT2D eigenvalue weighted by atomic mass is 19.4. The molecule has 1 saturated heterocycles. The summed E-state index contributed by atoms with van der Waals surface area (Å²) in [5.74, 6) is -8.40. The maximum absolute atomic E-state index is 13.3. The molecule has 1 rings (SSSR count). The van der Waals surface area contributed by atoms with E-state index in [9.17, 15) is 47.0 Å². The van der Waals surface area contributed by atoms with E-state index in [1.54, 1.807) is 0 Å². The summed E-state index contributed by atoms with van der Waals surface area (Å²) >= 11 is 0. The van der Waals surface area contributed by atoms with Crippen molar-refractivity contribution in [2.24, 2.45) is 21.7 Å². The minimum Gasteiger partial charge on any atom is -0.480 e. The minimum absolute atomic E-state index is 0.780. The Morgan fingerprint density at radius 3 is 1.37 bits per heavy atom. The van der Waals surface area contributed by atoms with Gasteiger partial charge in [-0.3, -0.25) is 24.0 Å². The molecule has 0 bridgehead atoms. The van der Waals surface area contributed by atoms with E-state index in [0.717, 1.165) is 0 Å². The van der Waals surface area contributed by atoms with Crippen molar-refractivity contribution in [3.8, 4) is 0 Å². The molecule has 2 N–H and O–H groups in total. The quantitative estimate of drug-likeness (QED) is 0.285. The van der Waals surface area contributed by atoms with Crippen LogP contribution in [-0.2, 0) is 52.5 Å². The average molecular weight is 670 g/mol. The number of hydrogen-bond acceptors (Lipinski definition) is 11. The van der Waals surface area contributed by atoms with Gasteiger partial charge in [-0.05, 0) is 83.1 Å². The van der Waals surface area contributed by atoms with E-state index in [0.29, 0.717) is 0 Å². The third kappa shape index (κ3) is 11.1. The van der Waals surface area contributed by atoms with Crippen LogP contribution in [0.25, 0.3) is 0 Å². The van der Waals surface area contributed by atoms with Crippen molar-refractivity contribution >= 4 is 35.8 Å². The number of rotatable bonds is 8. The number of carboxylic acid groups (broad SMARTS) is 1. The summed E-state index contributed by atoms with van der Waals surface area (Å²) in [5.41, 5.74) is -4.81. The van der Waals surface area contributed by atoms with Gasteiger partial charge < -0.3 is 34.1 Å². The Hall–Kier alpha value is -3.43. The van der Waals surface area contributed by atoms with Crippen LogP contribution in [0.4, 0.5) is 13.2 Å². The van der Waals surface area contributed by atoms with Crippen LogP contribution in [0.15, 0.2) is 0 Å². The lowest BCUT2D eigenvalue weighted by atomic mass is 9.88. The first-order chi connectivity index (χ1) is 20.4. The van der Waals surface area contributed by atoms with Crippen LogP contribution in [0.5, 0.6) is 0 Å². The van der Waals surface area contributed by atoms with Crippen molar-refractivity contribution < 1.29 is 70.7 Å². The molecule has 13 nitrogen and oxygen atoms in total. The fraction of sp³-hybridized carbons (Fsp3) is 0.800. The van der Waals surface area contributed by atoms with E-state index in [1.165, 1.54) is 88.4 Å². The van der Waals surface area contributed by atoms with Gasteiger partial charge in [-0.2, -0.15) is 13.2 Å². The number of carboxylic acids is 1. The molecule has 0 saturated carbocycles. The van der Waals surface area contributed by atoms with Crippen molar-refractivity contribution in [1.29, 1.82) is 0 Å². The number of carbonyl (C=O) groups excluding carboxylic acids is 5. The number of esters is 4. The average Bonchev–Trinajstić information content (AvgIpc) is 2.84. The van der Waals surface area contributed by atoms with E-state index in [2.05, 4.69) is 0 Å². The molecule has 1 amide bonds. The van der Waals surface area contributed by atoms with E-state index < -0.39 is 107 Å². The molecular formula is C30H46F3NO12. The number of ether oxygens (including phenoxy) is 5. The second kappa shape index (κ2) is 14.1. The van der Waals surface area contributed by atoms with Gasteiger partial charge in [0.05, 0.1) is 21.7 Å². The molecule has 0 aromatic carbocycles. The second-order valence-electron chi connectivity index (χ2n) is 15.1. The molecule has 0 aromatic rings. The standard InChI is InChI=1S/C30H46F3NO12/c1-26(2,3)22(38)42-13-14-16(44-23(39)27(4,5)6)18(45-24(40)28(7,8)9)19(46-25(41)29(10,11)12)17(43-14)15(20(35)36)34-21(37)30(31,32)33/h14-19H,13H2,1-12H3,(H,34,37)(H,35,36)/t14-,15?,16-,17-,18+,19+/m1/s1. The predicted octanol–water partition coefficient (Wildman–Crippen LogP) is 3.35. The molecule has 0 aliphatic carbocycles. The second-order valence-corrected chi connectivity index (χ2v) is 15.1. The van der Waals surface area contributed by atoms with Crippen LogP contribution in [0, 0.1) is 21.7 Å². The van der Waals surface area contributed by atoms with Gasteiger partial charge in [-0.1, -0.05) is 0 Å². The fourth-order valence-corrected chi connectivity index (χ4v) is 3.54. The number of nitrogens with one attached hydrogen (secondary N) is 1. The molecule has 46 heavy (non-hydrogen) atoms. The third-order valence-corrected chi connectivity index (χ3v) is 6.37. The number of halogens is 3. The molecule has 1 aliphatic heterocycles. The van der Waals surface area contributed by atoms with Crippen molar-refractivity contribution in [2.45, 2.75) is 126 Å². The lowest BCUT2D eigenvalue weighted by Gasteiger charge is -2.47. The van der Waals surface area contributed by atoms with Crippen LogP contribution >= 0.6 is 0 Å². The van der Waals surface area contributed by atoms with Crippen molar-refractivity contribution in [3.63, 3.8) is 0 Å². The van der Waals surface area contributed by atoms with Gasteiger partial charge in [0, 0.05) is 0 Å². The number of amides is 1. The largest absolute Gasteiger partial charge is 0.480 e. The molecule has 1 unspecified atom stereocenters. The smallest absolute Gasteiger partial charge is 0.471 e. The summed E-state index contributed by atoms with van der Waals surface area (Å²) < 4.78 is 68.0. The van der Waals surface area contributed by atoms with Crippen LogP contribution in [0.2, 0.25) is 0 Å². The zero-order valence-corrected chi connectivity index (χ0v) is 28.2. The Bertz CT molecular complexity index is 1170. The van der Waals surface area contributed by atoms with Crippen LogP contribution in [-0.4, -0.2) is 90.2 Å². The number of hydrogen-bond donors (Lipinski definition) is 2. The molecule has 0 aromatic heterocycles. The van der Waals surface area contributed by atoms with Gasteiger partial charge in [0.2, 0.25) is 0 Å². The van der Waals surface area contributed by atoms with Gasteiger partial charge >= 0.3 is 41.9 Å². The van der Waals surface area contributed by atoms with Crippen LogP contribution < -0.4 is 5.32 Å². The Balaban J connectivity index is 4.04. The van der Waals surface area contributed by atoms with E-state index in [-0.39, 0.29) is 0 Å². The Morgan fingerprint density at radius 1 is 0.652 bits per heavy atom. The lowest BCUT2D eigenvalue weighted by Crippen LogP contribution is -2.69. The van der Waals surface area contributed by atoms with Crippen molar-refractivity contribution in [1.82, 2.24) is 5.32 Å². The predicted molar refractivity (Wildman–Crippen MR) is 153 cm³/mol. The topological polar surface area (TPSA) is 181 Å².